The van der Waals surface area contributed by atoms with Crippen LogP contribution >= 0.6 is 0 Å². The number of hydrogen-bond acceptors (Lipinski definition) is 4. The van der Waals surface area contributed by atoms with E-state index < -0.39 is 6.10 Å². The molecule has 5 heteroatoms. The van der Waals surface area contributed by atoms with E-state index in [0.717, 1.165) is 12.8 Å². The number of anilines is 1. The average molecular weight is 305 g/mol. The van der Waals surface area contributed by atoms with Crippen molar-refractivity contribution in [3.05, 3.63) is 29.8 Å². The van der Waals surface area contributed by atoms with Crippen molar-refractivity contribution in [2.45, 2.75) is 37.8 Å². The molecule has 1 amide bonds. The van der Waals surface area contributed by atoms with Gasteiger partial charge in [-0.1, -0.05) is 12.1 Å². The molecule has 1 aliphatic rings. The van der Waals surface area contributed by atoms with Gasteiger partial charge in [0.15, 0.2) is 0 Å². The molecule has 1 aromatic rings. The Balaban J connectivity index is 1.75. The summed E-state index contributed by atoms with van der Waals surface area (Å²) in [5, 5.41) is 12.7. The zero-order chi connectivity index (χ0) is 16.1. The van der Waals surface area contributed by atoms with Crippen LogP contribution in [0.15, 0.2) is 24.3 Å². The lowest BCUT2D eigenvalue weighted by atomic mass is 9.84. The predicted octanol–water partition coefficient (Wildman–Crippen LogP) is 0.900. The van der Waals surface area contributed by atoms with Gasteiger partial charge in [0.1, 0.15) is 0 Å². The fraction of sp³-hybridized carbons (Fsp3) is 0.588. The summed E-state index contributed by atoms with van der Waals surface area (Å²) >= 11 is 0. The minimum absolute atomic E-state index is 0.0378. The molecule has 3 atom stereocenters. The Morgan fingerprint density at radius 1 is 1.32 bits per heavy atom. The zero-order valence-electron chi connectivity index (χ0n) is 13.5. The summed E-state index contributed by atoms with van der Waals surface area (Å²) in [4.78, 5) is 14.2. The Hall–Kier alpha value is -1.59. The standard InChI is InChI=1S/C17H27N3O2/c1-20(2)14-6-3-12(4-7-14)9-10-19-17(22)13-5-8-15(18)16(21)11-13/h3-4,6-7,13,15-16,21H,5,8-11,18H2,1-2H3,(H,19,22)/t13-,15+,16+/m0/s1. The van der Waals surface area contributed by atoms with E-state index >= 15 is 0 Å². The fourth-order valence-corrected chi connectivity index (χ4v) is 2.84. The van der Waals surface area contributed by atoms with Crippen molar-refractivity contribution in [2.75, 3.05) is 25.5 Å². The lowest BCUT2D eigenvalue weighted by Crippen LogP contribution is -2.44. The maximum absolute atomic E-state index is 12.1. The highest BCUT2D eigenvalue weighted by molar-refractivity contribution is 5.78. The number of carbonyl (C=O) groups excluding carboxylic acids is 1. The Bertz CT molecular complexity index is 487. The molecule has 22 heavy (non-hydrogen) atoms. The third kappa shape index (κ3) is 4.45. The maximum atomic E-state index is 12.1. The Labute approximate surface area is 132 Å². The largest absolute Gasteiger partial charge is 0.391 e. The van der Waals surface area contributed by atoms with E-state index in [1.807, 2.05) is 14.1 Å². The summed E-state index contributed by atoms with van der Waals surface area (Å²) in [7, 11) is 4.03. The second-order valence-corrected chi connectivity index (χ2v) is 6.34. The Morgan fingerprint density at radius 2 is 2.00 bits per heavy atom. The van der Waals surface area contributed by atoms with Crippen LogP contribution in [0, 0.1) is 5.92 Å². The highest BCUT2D eigenvalue weighted by atomic mass is 16.3. The van der Waals surface area contributed by atoms with Crippen molar-refractivity contribution in [1.82, 2.24) is 5.32 Å². The monoisotopic (exact) mass is 305 g/mol. The van der Waals surface area contributed by atoms with Crippen LogP contribution in [0.1, 0.15) is 24.8 Å². The molecule has 0 aliphatic heterocycles. The van der Waals surface area contributed by atoms with Crippen molar-refractivity contribution >= 4 is 11.6 Å². The molecule has 0 unspecified atom stereocenters. The van der Waals surface area contributed by atoms with E-state index in [-0.39, 0.29) is 17.9 Å². The van der Waals surface area contributed by atoms with Crippen molar-refractivity contribution in [2.24, 2.45) is 11.7 Å². The molecule has 0 spiro atoms. The number of carbonyl (C=O) groups is 1. The quantitative estimate of drug-likeness (QED) is 0.755. The van der Waals surface area contributed by atoms with Gasteiger partial charge >= 0.3 is 0 Å². The van der Waals surface area contributed by atoms with Crippen LogP contribution in [0.3, 0.4) is 0 Å². The van der Waals surface area contributed by atoms with Crippen LogP contribution in [-0.4, -0.2) is 43.8 Å². The summed E-state index contributed by atoms with van der Waals surface area (Å²) in [5.41, 5.74) is 8.14. The first-order chi connectivity index (χ1) is 10.5. The number of nitrogens with two attached hydrogens (primary N) is 1. The topological polar surface area (TPSA) is 78.6 Å². The van der Waals surface area contributed by atoms with Crippen LogP contribution in [-0.2, 0) is 11.2 Å². The lowest BCUT2D eigenvalue weighted by Gasteiger charge is -2.29. The fourth-order valence-electron chi connectivity index (χ4n) is 2.84. The van der Waals surface area contributed by atoms with Crippen molar-refractivity contribution in [3.8, 4) is 0 Å². The molecule has 1 aliphatic carbocycles. The molecule has 1 saturated carbocycles. The van der Waals surface area contributed by atoms with E-state index in [2.05, 4.69) is 34.5 Å². The zero-order valence-corrected chi connectivity index (χ0v) is 13.5. The van der Waals surface area contributed by atoms with Crippen molar-refractivity contribution in [1.29, 1.82) is 0 Å². The summed E-state index contributed by atoms with van der Waals surface area (Å²) in [6, 6.07) is 8.15. The molecule has 0 aromatic heterocycles. The second-order valence-electron chi connectivity index (χ2n) is 6.34. The number of aliphatic hydroxyl groups is 1. The van der Waals surface area contributed by atoms with Gasteiger partial charge in [0.05, 0.1) is 6.10 Å². The average Bonchev–Trinajstić information content (AvgIpc) is 2.50. The molecule has 0 bridgehead atoms. The SMILES string of the molecule is CN(C)c1ccc(CCNC(=O)[C@H]2CC[C@@H](N)[C@H](O)C2)cc1. The lowest BCUT2D eigenvalue weighted by molar-refractivity contribution is -0.127. The smallest absolute Gasteiger partial charge is 0.223 e. The summed E-state index contributed by atoms with van der Waals surface area (Å²) in [6.07, 6.45) is 2.22. The predicted molar refractivity (Wildman–Crippen MR) is 88.8 cm³/mol. The van der Waals surface area contributed by atoms with Crippen LogP contribution in [0.2, 0.25) is 0 Å². The van der Waals surface area contributed by atoms with Gasteiger partial charge in [0.2, 0.25) is 5.91 Å². The van der Waals surface area contributed by atoms with E-state index in [0.29, 0.717) is 19.4 Å². The van der Waals surface area contributed by atoms with Gasteiger partial charge in [-0.2, -0.15) is 0 Å². The molecule has 0 radical (unpaired) electrons. The highest BCUT2D eigenvalue weighted by Gasteiger charge is 2.30. The summed E-state index contributed by atoms with van der Waals surface area (Å²) < 4.78 is 0. The van der Waals surface area contributed by atoms with Gasteiger partial charge in [-0.25, -0.2) is 0 Å². The molecular weight excluding hydrogens is 278 g/mol. The van der Waals surface area contributed by atoms with Gasteiger partial charge in [0.25, 0.3) is 0 Å². The number of benzene rings is 1. The van der Waals surface area contributed by atoms with E-state index in [9.17, 15) is 9.90 Å². The molecule has 0 heterocycles. The number of hydrogen-bond donors (Lipinski definition) is 3. The number of nitrogens with one attached hydrogen (secondary N) is 1. The normalized spacial score (nSPS) is 24.8. The van der Waals surface area contributed by atoms with Crippen LogP contribution < -0.4 is 16.0 Å². The Kier molecular flexibility index (Phi) is 5.80. The Morgan fingerprint density at radius 3 is 2.59 bits per heavy atom. The van der Waals surface area contributed by atoms with Crippen molar-refractivity contribution < 1.29 is 9.90 Å². The van der Waals surface area contributed by atoms with Crippen LogP contribution in [0.5, 0.6) is 0 Å². The van der Waals surface area contributed by atoms with E-state index in [4.69, 9.17) is 5.73 Å². The maximum Gasteiger partial charge on any atom is 0.223 e. The molecule has 0 saturated heterocycles. The van der Waals surface area contributed by atoms with Gasteiger partial charge in [-0.15, -0.1) is 0 Å². The van der Waals surface area contributed by atoms with Gasteiger partial charge < -0.3 is 21.1 Å². The number of aliphatic hydroxyl groups excluding tert-OH is 1. The highest BCUT2D eigenvalue weighted by Crippen LogP contribution is 2.23. The molecule has 2 rings (SSSR count). The summed E-state index contributed by atoms with van der Waals surface area (Å²) in [6.45, 7) is 0.624. The first-order valence-electron chi connectivity index (χ1n) is 7.95. The first kappa shape index (κ1) is 16.8. The molecule has 5 nitrogen and oxygen atoms in total. The first-order valence-corrected chi connectivity index (χ1v) is 7.95. The summed E-state index contributed by atoms with van der Waals surface area (Å²) in [5.74, 6) is -0.0678. The minimum Gasteiger partial charge on any atom is -0.391 e. The van der Waals surface area contributed by atoms with E-state index in [1.54, 1.807) is 0 Å². The molecular formula is C17H27N3O2. The van der Waals surface area contributed by atoms with Crippen LogP contribution in [0.4, 0.5) is 5.69 Å². The molecule has 1 fully saturated rings. The number of amides is 1. The van der Waals surface area contributed by atoms with Gasteiger partial charge in [-0.3, -0.25) is 4.79 Å². The third-order valence-electron chi connectivity index (χ3n) is 4.41. The van der Waals surface area contributed by atoms with Crippen molar-refractivity contribution in [3.63, 3.8) is 0 Å². The molecule has 1 aromatic carbocycles. The second kappa shape index (κ2) is 7.61. The minimum atomic E-state index is -0.553. The third-order valence-corrected chi connectivity index (χ3v) is 4.41. The van der Waals surface area contributed by atoms with Gasteiger partial charge in [0, 0.05) is 38.3 Å². The molecule has 122 valence electrons. The van der Waals surface area contributed by atoms with Gasteiger partial charge in [-0.05, 0) is 43.4 Å². The number of nitrogens with zero attached hydrogens (tertiary/aromatic N) is 1. The number of rotatable bonds is 5. The molecule has 4 N–H and O–H groups in total. The van der Waals surface area contributed by atoms with E-state index in [1.165, 1.54) is 11.3 Å². The van der Waals surface area contributed by atoms with Crippen LogP contribution in [0.25, 0.3) is 0 Å².